The summed E-state index contributed by atoms with van der Waals surface area (Å²) in [5.41, 5.74) is 2.57. The fraction of sp³-hybridized carbons (Fsp3) is 0.333. The molecule has 0 radical (unpaired) electrons. The lowest BCUT2D eigenvalue weighted by atomic mass is 9.71. The fourth-order valence-electron chi connectivity index (χ4n) is 3.83. The SMILES string of the molecule is COc1cc2c(cc1O)C1(CC=C(C)C)COc3cc(O)ccc3C1O2. The molecule has 0 amide bonds. The van der Waals surface area contributed by atoms with E-state index in [1.807, 2.05) is 6.07 Å². The van der Waals surface area contributed by atoms with Gasteiger partial charge in [-0.15, -0.1) is 0 Å². The van der Waals surface area contributed by atoms with Crippen molar-refractivity contribution in [2.45, 2.75) is 31.8 Å². The van der Waals surface area contributed by atoms with E-state index in [4.69, 9.17) is 14.2 Å². The predicted octanol–water partition coefficient (Wildman–Crippen LogP) is 4.23. The lowest BCUT2D eigenvalue weighted by Crippen LogP contribution is -2.41. The molecule has 5 nitrogen and oxygen atoms in total. The average molecular weight is 354 g/mol. The zero-order valence-electron chi connectivity index (χ0n) is 15.1. The summed E-state index contributed by atoms with van der Waals surface area (Å²) >= 11 is 0. The number of aromatic hydroxyl groups is 2. The molecule has 26 heavy (non-hydrogen) atoms. The first kappa shape index (κ1) is 16.6. The van der Waals surface area contributed by atoms with Crippen LogP contribution in [0.25, 0.3) is 0 Å². The summed E-state index contributed by atoms with van der Waals surface area (Å²) in [4.78, 5) is 0. The van der Waals surface area contributed by atoms with Crippen molar-refractivity contribution in [3.63, 3.8) is 0 Å². The molecular weight excluding hydrogens is 332 g/mol. The van der Waals surface area contributed by atoms with Crippen LogP contribution in [0.1, 0.15) is 37.5 Å². The summed E-state index contributed by atoms with van der Waals surface area (Å²) in [5.74, 6) is 1.95. The van der Waals surface area contributed by atoms with Crippen LogP contribution in [0.3, 0.4) is 0 Å². The van der Waals surface area contributed by atoms with Gasteiger partial charge < -0.3 is 24.4 Å². The molecule has 0 aromatic heterocycles. The fourth-order valence-corrected chi connectivity index (χ4v) is 3.83. The molecule has 136 valence electrons. The molecule has 0 aliphatic carbocycles. The highest BCUT2D eigenvalue weighted by Crippen LogP contribution is 2.58. The zero-order valence-corrected chi connectivity index (χ0v) is 15.1. The summed E-state index contributed by atoms with van der Waals surface area (Å²) in [6, 6.07) is 8.55. The van der Waals surface area contributed by atoms with Gasteiger partial charge in [-0.2, -0.15) is 0 Å². The van der Waals surface area contributed by atoms with Crippen LogP contribution in [0, 0.1) is 0 Å². The molecule has 5 heteroatoms. The van der Waals surface area contributed by atoms with E-state index in [1.165, 1.54) is 12.7 Å². The van der Waals surface area contributed by atoms with Crippen molar-refractivity contribution < 1.29 is 24.4 Å². The third-order valence-electron chi connectivity index (χ3n) is 5.20. The Morgan fingerprint density at radius 2 is 2.04 bits per heavy atom. The first-order chi connectivity index (χ1) is 12.4. The Balaban J connectivity index is 1.89. The second kappa shape index (κ2) is 5.87. The molecule has 2 aliphatic heterocycles. The van der Waals surface area contributed by atoms with Gasteiger partial charge in [-0.3, -0.25) is 0 Å². The number of hydrogen-bond donors (Lipinski definition) is 2. The number of phenols is 2. The Kier molecular flexibility index (Phi) is 3.75. The van der Waals surface area contributed by atoms with Crippen LogP contribution < -0.4 is 14.2 Å². The minimum Gasteiger partial charge on any atom is -0.508 e. The largest absolute Gasteiger partial charge is 0.508 e. The van der Waals surface area contributed by atoms with Crippen LogP contribution in [0.4, 0.5) is 0 Å². The Morgan fingerprint density at radius 1 is 1.23 bits per heavy atom. The Hall–Kier alpha value is -2.82. The van der Waals surface area contributed by atoms with Crippen molar-refractivity contribution in [3.05, 3.63) is 53.1 Å². The summed E-state index contributed by atoms with van der Waals surface area (Å²) in [6.45, 7) is 4.52. The molecule has 2 N–H and O–H groups in total. The number of hydrogen-bond acceptors (Lipinski definition) is 5. The maximum atomic E-state index is 10.3. The van der Waals surface area contributed by atoms with E-state index in [0.29, 0.717) is 23.9 Å². The maximum absolute atomic E-state index is 10.3. The molecule has 4 rings (SSSR count). The van der Waals surface area contributed by atoms with Crippen LogP contribution in [0.15, 0.2) is 42.0 Å². The molecule has 2 atom stereocenters. The van der Waals surface area contributed by atoms with Crippen molar-refractivity contribution in [3.8, 4) is 28.7 Å². The van der Waals surface area contributed by atoms with Gasteiger partial charge in [0.2, 0.25) is 0 Å². The predicted molar refractivity (Wildman–Crippen MR) is 97.4 cm³/mol. The van der Waals surface area contributed by atoms with E-state index in [0.717, 1.165) is 17.5 Å². The summed E-state index contributed by atoms with van der Waals surface area (Å²) in [6.07, 6.45) is 2.63. The quantitative estimate of drug-likeness (QED) is 0.808. The summed E-state index contributed by atoms with van der Waals surface area (Å²) in [7, 11) is 1.52. The third kappa shape index (κ3) is 2.38. The van der Waals surface area contributed by atoms with Crippen LogP contribution >= 0.6 is 0 Å². The number of phenolic OH excluding ortho intramolecular Hbond substituents is 2. The number of fused-ring (bicyclic) bond motifs is 5. The molecule has 2 aromatic carbocycles. The lowest BCUT2D eigenvalue weighted by molar-refractivity contribution is 0.0724. The Labute approximate surface area is 152 Å². The molecule has 2 unspecified atom stereocenters. The zero-order chi connectivity index (χ0) is 18.5. The molecule has 2 aromatic rings. The monoisotopic (exact) mass is 354 g/mol. The smallest absolute Gasteiger partial charge is 0.164 e. The van der Waals surface area contributed by atoms with Gasteiger partial charge >= 0.3 is 0 Å². The van der Waals surface area contributed by atoms with E-state index in [9.17, 15) is 10.2 Å². The second-order valence-electron chi connectivity index (χ2n) is 7.17. The minimum atomic E-state index is -0.444. The van der Waals surface area contributed by atoms with E-state index in [1.54, 1.807) is 24.3 Å². The van der Waals surface area contributed by atoms with Crippen molar-refractivity contribution in [2.75, 3.05) is 13.7 Å². The first-order valence-corrected chi connectivity index (χ1v) is 8.62. The Morgan fingerprint density at radius 3 is 2.77 bits per heavy atom. The van der Waals surface area contributed by atoms with E-state index in [2.05, 4.69) is 19.9 Å². The molecule has 0 saturated carbocycles. The Bertz CT molecular complexity index is 898. The molecule has 0 spiro atoms. The van der Waals surface area contributed by atoms with Gasteiger partial charge in [0.1, 0.15) is 30.0 Å². The van der Waals surface area contributed by atoms with Gasteiger partial charge in [0, 0.05) is 23.3 Å². The third-order valence-corrected chi connectivity index (χ3v) is 5.20. The molecule has 2 aliphatic rings. The molecular formula is C21H22O5. The normalized spacial score (nSPS) is 22.3. The number of ether oxygens (including phenoxy) is 3. The second-order valence-corrected chi connectivity index (χ2v) is 7.17. The number of methoxy groups -OCH3 is 1. The minimum absolute atomic E-state index is 0.0866. The summed E-state index contributed by atoms with van der Waals surface area (Å²) in [5, 5.41) is 20.1. The van der Waals surface area contributed by atoms with Crippen molar-refractivity contribution in [1.82, 2.24) is 0 Å². The van der Waals surface area contributed by atoms with E-state index < -0.39 is 5.41 Å². The maximum Gasteiger partial charge on any atom is 0.164 e. The van der Waals surface area contributed by atoms with E-state index in [-0.39, 0.29) is 17.6 Å². The standard InChI is InChI=1S/C21H22O5/c1-12(2)6-7-21-11-25-17-8-13(22)4-5-14(17)20(21)26-18-10-19(24-3)16(23)9-15(18)21/h4-6,8-10,20,22-23H,7,11H2,1-3H3. The van der Waals surface area contributed by atoms with Crippen LogP contribution in [0.2, 0.25) is 0 Å². The van der Waals surface area contributed by atoms with Crippen LogP contribution in [0.5, 0.6) is 28.7 Å². The highest BCUT2D eigenvalue weighted by Gasteiger charge is 2.53. The van der Waals surface area contributed by atoms with Crippen molar-refractivity contribution in [2.24, 2.45) is 0 Å². The first-order valence-electron chi connectivity index (χ1n) is 8.62. The van der Waals surface area contributed by atoms with Gasteiger partial charge in [-0.05, 0) is 38.5 Å². The number of rotatable bonds is 3. The van der Waals surface area contributed by atoms with Gasteiger partial charge in [-0.1, -0.05) is 11.6 Å². The lowest BCUT2D eigenvalue weighted by Gasteiger charge is -2.38. The van der Waals surface area contributed by atoms with Gasteiger partial charge in [0.15, 0.2) is 11.5 Å². The number of allylic oxidation sites excluding steroid dienone is 2. The van der Waals surface area contributed by atoms with Gasteiger partial charge in [0.05, 0.1) is 12.5 Å². The molecule has 0 bridgehead atoms. The molecule has 0 fully saturated rings. The van der Waals surface area contributed by atoms with Crippen LogP contribution in [-0.4, -0.2) is 23.9 Å². The topological polar surface area (TPSA) is 68.2 Å². The highest BCUT2D eigenvalue weighted by atomic mass is 16.5. The number of benzene rings is 2. The molecule has 0 saturated heterocycles. The van der Waals surface area contributed by atoms with Gasteiger partial charge in [0.25, 0.3) is 0 Å². The van der Waals surface area contributed by atoms with Gasteiger partial charge in [-0.25, -0.2) is 0 Å². The van der Waals surface area contributed by atoms with Crippen molar-refractivity contribution >= 4 is 0 Å². The van der Waals surface area contributed by atoms with E-state index >= 15 is 0 Å². The molecule has 2 heterocycles. The average Bonchev–Trinajstić information content (AvgIpc) is 2.93. The summed E-state index contributed by atoms with van der Waals surface area (Å²) < 4.78 is 17.6. The highest BCUT2D eigenvalue weighted by molar-refractivity contribution is 5.59. The van der Waals surface area contributed by atoms with Crippen molar-refractivity contribution in [1.29, 1.82) is 0 Å². The van der Waals surface area contributed by atoms with Crippen LogP contribution in [-0.2, 0) is 5.41 Å².